The molecule has 2 aromatic rings. The number of halogens is 1. The highest BCUT2D eigenvalue weighted by Crippen LogP contribution is 2.30. The SMILES string of the molecule is COC(=O)Cn1oc2cc(OC)c(S(=O)(=O)Cl)cc2c1=O. The van der Waals surface area contributed by atoms with Crippen LogP contribution in [0.25, 0.3) is 11.0 Å². The van der Waals surface area contributed by atoms with Crippen molar-refractivity contribution < 1.29 is 27.2 Å². The first-order valence-corrected chi connectivity index (χ1v) is 7.82. The fraction of sp³-hybridized carbons (Fsp3) is 0.273. The summed E-state index contributed by atoms with van der Waals surface area (Å²) >= 11 is 0. The Morgan fingerprint density at radius 2 is 2.05 bits per heavy atom. The molecule has 114 valence electrons. The van der Waals surface area contributed by atoms with Gasteiger partial charge in [-0.2, -0.15) is 4.74 Å². The topological polar surface area (TPSA) is 105 Å². The van der Waals surface area contributed by atoms with Crippen molar-refractivity contribution in [3.8, 4) is 5.75 Å². The van der Waals surface area contributed by atoms with Crippen LogP contribution >= 0.6 is 10.7 Å². The van der Waals surface area contributed by atoms with Crippen LogP contribution in [0.2, 0.25) is 0 Å². The van der Waals surface area contributed by atoms with Gasteiger partial charge in [0.15, 0.2) is 12.1 Å². The van der Waals surface area contributed by atoms with E-state index < -0.39 is 27.1 Å². The summed E-state index contributed by atoms with van der Waals surface area (Å²) < 4.78 is 38.2. The molecule has 0 aliphatic carbocycles. The Hall–Kier alpha value is -2.00. The summed E-state index contributed by atoms with van der Waals surface area (Å²) in [5.41, 5.74) is -0.621. The normalized spacial score (nSPS) is 11.6. The van der Waals surface area contributed by atoms with Crippen LogP contribution in [0.5, 0.6) is 5.75 Å². The molecule has 2 rings (SSSR count). The summed E-state index contributed by atoms with van der Waals surface area (Å²) in [5, 5.41) is -0.0427. The predicted octanol–water partition coefficient (Wildman–Crippen LogP) is 0.704. The Balaban J connectivity index is 2.70. The molecule has 8 nitrogen and oxygen atoms in total. The number of benzene rings is 1. The summed E-state index contributed by atoms with van der Waals surface area (Å²) in [7, 11) is 3.59. The molecule has 1 aromatic carbocycles. The fourth-order valence-corrected chi connectivity index (χ4v) is 2.72. The van der Waals surface area contributed by atoms with E-state index in [4.69, 9.17) is 19.9 Å². The van der Waals surface area contributed by atoms with Crippen molar-refractivity contribution in [2.45, 2.75) is 11.4 Å². The Kier molecular flexibility index (Phi) is 3.97. The molecule has 0 saturated heterocycles. The van der Waals surface area contributed by atoms with Crippen molar-refractivity contribution in [1.29, 1.82) is 0 Å². The number of nitrogens with zero attached hydrogens (tertiary/aromatic N) is 1. The lowest BCUT2D eigenvalue weighted by Gasteiger charge is -2.04. The molecule has 0 amide bonds. The lowest BCUT2D eigenvalue weighted by molar-refractivity contribution is -0.142. The third-order valence-corrected chi connectivity index (χ3v) is 4.04. The Morgan fingerprint density at radius 1 is 1.38 bits per heavy atom. The highest BCUT2D eigenvalue weighted by Gasteiger charge is 2.22. The number of ether oxygens (including phenoxy) is 2. The quantitative estimate of drug-likeness (QED) is 0.598. The first-order chi connectivity index (χ1) is 9.77. The minimum Gasteiger partial charge on any atom is -0.495 e. The number of carbonyl (C=O) groups is 1. The maximum atomic E-state index is 12.0. The molecule has 21 heavy (non-hydrogen) atoms. The van der Waals surface area contributed by atoms with Gasteiger partial charge in [0.25, 0.3) is 14.6 Å². The molecule has 0 N–H and O–H groups in total. The average Bonchev–Trinajstić information content (AvgIpc) is 2.72. The molecule has 0 unspecified atom stereocenters. The maximum Gasteiger partial charge on any atom is 0.329 e. The zero-order chi connectivity index (χ0) is 15.8. The molecular formula is C11H10ClNO7S. The highest BCUT2D eigenvalue weighted by molar-refractivity contribution is 8.13. The number of fused-ring (bicyclic) bond motifs is 1. The molecule has 1 heterocycles. The number of hydrogen-bond donors (Lipinski definition) is 0. The van der Waals surface area contributed by atoms with Gasteiger partial charge in [-0.1, -0.05) is 0 Å². The average molecular weight is 336 g/mol. The van der Waals surface area contributed by atoms with Crippen LogP contribution in [0.3, 0.4) is 0 Å². The van der Waals surface area contributed by atoms with Gasteiger partial charge in [0.1, 0.15) is 10.6 Å². The number of aromatic nitrogens is 1. The Labute approximate surface area is 123 Å². The lowest BCUT2D eigenvalue weighted by atomic mass is 10.2. The second-order valence-electron chi connectivity index (χ2n) is 3.95. The van der Waals surface area contributed by atoms with E-state index in [2.05, 4.69) is 4.74 Å². The van der Waals surface area contributed by atoms with Gasteiger partial charge in [0, 0.05) is 16.7 Å². The predicted molar refractivity (Wildman–Crippen MR) is 72.1 cm³/mol. The van der Waals surface area contributed by atoms with Gasteiger partial charge in [-0.3, -0.25) is 4.79 Å². The van der Waals surface area contributed by atoms with E-state index in [-0.39, 0.29) is 21.6 Å². The van der Waals surface area contributed by atoms with Crippen molar-refractivity contribution in [3.05, 3.63) is 22.5 Å². The van der Waals surface area contributed by atoms with Crippen molar-refractivity contribution in [3.63, 3.8) is 0 Å². The van der Waals surface area contributed by atoms with Crippen LogP contribution in [-0.4, -0.2) is 33.3 Å². The molecule has 0 aliphatic heterocycles. The number of hydrogen-bond acceptors (Lipinski definition) is 7. The van der Waals surface area contributed by atoms with Crippen molar-refractivity contribution in [1.82, 2.24) is 4.74 Å². The fourth-order valence-electron chi connectivity index (χ4n) is 1.71. The van der Waals surface area contributed by atoms with Crippen molar-refractivity contribution in [2.75, 3.05) is 14.2 Å². The van der Waals surface area contributed by atoms with Gasteiger partial charge in [0.2, 0.25) is 0 Å². The first-order valence-electron chi connectivity index (χ1n) is 5.51. The van der Waals surface area contributed by atoms with Crippen LogP contribution in [0.4, 0.5) is 0 Å². The van der Waals surface area contributed by atoms with Crippen LogP contribution in [0.15, 0.2) is 26.3 Å². The summed E-state index contributed by atoms with van der Waals surface area (Å²) in [6.45, 7) is -0.435. The van der Waals surface area contributed by atoms with Crippen LogP contribution < -0.4 is 10.3 Å². The number of carbonyl (C=O) groups excluding carboxylic acids is 1. The second kappa shape index (κ2) is 5.41. The lowest BCUT2D eigenvalue weighted by Crippen LogP contribution is -2.20. The minimum absolute atomic E-state index is 0.0427. The molecule has 0 saturated carbocycles. The largest absolute Gasteiger partial charge is 0.495 e. The van der Waals surface area contributed by atoms with Gasteiger partial charge >= 0.3 is 5.97 Å². The molecule has 0 spiro atoms. The molecule has 1 aromatic heterocycles. The third-order valence-electron chi connectivity index (χ3n) is 2.69. The van der Waals surface area contributed by atoms with Crippen LogP contribution in [0.1, 0.15) is 0 Å². The van der Waals surface area contributed by atoms with Crippen LogP contribution in [-0.2, 0) is 25.1 Å². The molecule has 0 bridgehead atoms. The molecule has 0 aliphatic rings. The standard InChI is InChI=1S/C11H10ClNO7S/c1-18-8-4-7-6(3-9(8)21(12,16)17)11(15)13(20-7)5-10(14)19-2/h3-4H,5H2,1-2H3. The highest BCUT2D eigenvalue weighted by atomic mass is 35.7. The molecule has 0 fully saturated rings. The van der Waals surface area contributed by atoms with E-state index >= 15 is 0 Å². The smallest absolute Gasteiger partial charge is 0.329 e. The zero-order valence-corrected chi connectivity index (χ0v) is 12.5. The Bertz CT molecular complexity index is 865. The van der Waals surface area contributed by atoms with E-state index in [0.29, 0.717) is 0 Å². The number of methoxy groups -OCH3 is 2. The van der Waals surface area contributed by atoms with E-state index in [1.54, 1.807) is 0 Å². The van der Waals surface area contributed by atoms with E-state index in [0.717, 1.165) is 17.9 Å². The zero-order valence-electron chi connectivity index (χ0n) is 11.0. The monoisotopic (exact) mass is 335 g/mol. The molecule has 10 heteroatoms. The third kappa shape index (κ3) is 2.88. The second-order valence-corrected chi connectivity index (χ2v) is 6.48. The van der Waals surface area contributed by atoms with Gasteiger partial charge in [-0.15, -0.1) is 0 Å². The number of esters is 1. The molecule has 0 atom stereocenters. The van der Waals surface area contributed by atoms with Crippen molar-refractivity contribution >= 4 is 36.7 Å². The summed E-state index contributed by atoms with van der Waals surface area (Å²) in [5.74, 6) is -0.759. The summed E-state index contributed by atoms with van der Waals surface area (Å²) in [6.07, 6.45) is 0. The molecule has 0 radical (unpaired) electrons. The molecular weight excluding hydrogens is 326 g/mol. The maximum absolute atomic E-state index is 12.0. The first kappa shape index (κ1) is 15.4. The summed E-state index contributed by atoms with van der Waals surface area (Å²) in [6, 6.07) is 2.25. The van der Waals surface area contributed by atoms with Gasteiger partial charge in [-0.25, -0.2) is 13.2 Å². The number of rotatable bonds is 4. The summed E-state index contributed by atoms with van der Waals surface area (Å²) in [4.78, 5) is 22.9. The van der Waals surface area contributed by atoms with Gasteiger partial charge in [0.05, 0.1) is 19.6 Å². The van der Waals surface area contributed by atoms with Gasteiger partial charge in [-0.05, 0) is 6.07 Å². The Morgan fingerprint density at radius 3 is 2.57 bits per heavy atom. The van der Waals surface area contributed by atoms with E-state index in [1.807, 2.05) is 0 Å². The van der Waals surface area contributed by atoms with E-state index in [1.165, 1.54) is 13.2 Å². The minimum atomic E-state index is -4.11. The van der Waals surface area contributed by atoms with E-state index in [9.17, 15) is 18.0 Å². The van der Waals surface area contributed by atoms with Gasteiger partial charge < -0.3 is 14.0 Å². The van der Waals surface area contributed by atoms with Crippen molar-refractivity contribution in [2.24, 2.45) is 0 Å². The van der Waals surface area contributed by atoms with Crippen LogP contribution in [0, 0.1) is 0 Å².